The number of aliphatic carboxylic acids is 1. The third-order valence-electron chi connectivity index (χ3n) is 2.25. The molecule has 1 atom stereocenters. The van der Waals surface area contributed by atoms with Crippen LogP contribution in [0.15, 0.2) is 12.7 Å². The molecule has 0 bridgehead atoms. The quantitative estimate of drug-likeness (QED) is 0.417. The number of urea groups is 1. The molecule has 7 heteroatoms. The number of carbonyl (C=O) groups excluding carboxylic acids is 2. The van der Waals surface area contributed by atoms with Crippen molar-refractivity contribution in [1.29, 1.82) is 0 Å². The van der Waals surface area contributed by atoms with Gasteiger partial charge in [0.25, 0.3) is 0 Å². The van der Waals surface area contributed by atoms with Gasteiger partial charge < -0.3 is 21.1 Å². The minimum atomic E-state index is -1.29. The Labute approximate surface area is 106 Å². The third-order valence-corrected chi connectivity index (χ3v) is 2.25. The Morgan fingerprint density at radius 2 is 2.11 bits per heavy atom. The lowest BCUT2D eigenvalue weighted by atomic mass is 10.2. The Balaban J connectivity index is 4.27. The molecule has 0 aliphatic heterocycles. The van der Waals surface area contributed by atoms with E-state index >= 15 is 0 Å². The summed E-state index contributed by atoms with van der Waals surface area (Å²) in [6.45, 7) is 4.03. The summed E-state index contributed by atoms with van der Waals surface area (Å²) >= 11 is 0. The largest absolute Gasteiger partial charge is 0.480 e. The fraction of sp³-hybridized carbons (Fsp3) is 0.545. The summed E-state index contributed by atoms with van der Waals surface area (Å²) in [6, 6.07) is -1.84. The number of allylic oxidation sites excluding steroid dienone is 1. The van der Waals surface area contributed by atoms with E-state index in [4.69, 9.17) is 10.8 Å². The van der Waals surface area contributed by atoms with E-state index in [-0.39, 0.29) is 0 Å². The summed E-state index contributed by atoms with van der Waals surface area (Å²) in [7, 11) is 1.54. The predicted octanol–water partition coefficient (Wildman–Crippen LogP) is -0.0774. The molecule has 0 rings (SSSR count). The summed E-state index contributed by atoms with van der Waals surface area (Å²) in [5, 5.41) is 11.0. The van der Waals surface area contributed by atoms with Gasteiger partial charge in [0.2, 0.25) is 5.91 Å². The molecule has 0 saturated heterocycles. The van der Waals surface area contributed by atoms with E-state index in [9.17, 15) is 14.4 Å². The van der Waals surface area contributed by atoms with Crippen molar-refractivity contribution in [2.24, 2.45) is 5.73 Å². The minimum absolute atomic E-state index is 0.429. The van der Waals surface area contributed by atoms with Gasteiger partial charge in [-0.25, -0.2) is 9.59 Å². The number of amides is 3. The van der Waals surface area contributed by atoms with Gasteiger partial charge in [-0.3, -0.25) is 4.79 Å². The van der Waals surface area contributed by atoms with Gasteiger partial charge in [-0.2, -0.15) is 0 Å². The molecule has 0 unspecified atom stereocenters. The molecule has 0 aromatic rings. The van der Waals surface area contributed by atoms with E-state index in [1.165, 1.54) is 4.90 Å². The van der Waals surface area contributed by atoms with Crippen molar-refractivity contribution in [2.45, 2.75) is 25.3 Å². The van der Waals surface area contributed by atoms with Crippen molar-refractivity contribution >= 4 is 17.9 Å². The van der Waals surface area contributed by atoms with Crippen LogP contribution in [-0.2, 0) is 9.59 Å². The SMILES string of the molecule is C=CCCCN(C)C(=O)N[C@@H](CC(N)=O)C(=O)O. The molecule has 0 heterocycles. The van der Waals surface area contributed by atoms with Crippen LogP contribution in [0.5, 0.6) is 0 Å². The van der Waals surface area contributed by atoms with Crippen molar-refractivity contribution in [1.82, 2.24) is 10.2 Å². The minimum Gasteiger partial charge on any atom is -0.480 e. The summed E-state index contributed by atoms with van der Waals surface area (Å²) < 4.78 is 0. The zero-order valence-corrected chi connectivity index (χ0v) is 10.4. The highest BCUT2D eigenvalue weighted by molar-refractivity contribution is 5.87. The summed E-state index contributed by atoms with van der Waals surface area (Å²) in [6.07, 6.45) is 2.81. The summed E-state index contributed by atoms with van der Waals surface area (Å²) in [5.41, 5.74) is 4.90. The molecule has 0 radical (unpaired) electrons. The molecule has 0 aromatic heterocycles. The second kappa shape index (κ2) is 8.10. The maximum absolute atomic E-state index is 11.6. The average Bonchev–Trinajstić information content (AvgIpc) is 2.27. The standard InChI is InChI=1S/C11H19N3O4/c1-3-4-5-6-14(2)11(18)13-8(10(16)17)7-9(12)15/h3,8H,1,4-7H2,2H3,(H2,12,15)(H,13,18)(H,16,17)/t8-/m0/s1. The first-order valence-electron chi connectivity index (χ1n) is 5.52. The van der Waals surface area contributed by atoms with Crippen LogP contribution in [-0.4, -0.2) is 47.5 Å². The molecule has 7 nitrogen and oxygen atoms in total. The highest BCUT2D eigenvalue weighted by atomic mass is 16.4. The van der Waals surface area contributed by atoms with E-state index in [0.29, 0.717) is 6.54 Å². The molecular formula is C11H19N3O4. The molecule has 0 aliphatic carbocycles. The van der Waals surface area contributed by atoms with Gasteiger partial charge in [0.05, 0.1) is 6.42 Å². The number of carboxylic acids is 1. The van der Waals surface area contributed by atoms with Crippen LogP contribution in [0.4, 0.5) is 4.79 Å². The molecular weight excluding hydrogens is 238 g/mol. The van der Waals surface area contributed by atoms with Crippen LogP contribution in [0.3, 0.4) is 0 Å². The maximum Gasteiger partial charge on any atom is 0.326 e. The smallest absolute Gasteiger partial charge is 0.326 e. The Morgan fingerprint density at radius 1 is 1.50 bits per heavy atom. The van der Waals surface area contributed by atoms with E-state index in [1.54, 1.807) is 13.1 Å². The van der Waals surface area contributed by atoms with Gasteiger partial charge >= 0.3 is 12.0 Å². The van der Waals surface area contributed by atoms with Crippen LogP contribution >= 0.6 is 0 Å². The Kier molecular flexibility index (Phi) is 7.18. The number of hydrogen-bond donors (Lipinski definition) is 3. The number of unbranched alkanes of at least 4 members (excludes halogenated alkanes) is 1. The van der Waals surface area contributed by atoms with Gasteiger partial charge in [-0.05, 0) is 12.8 Å². The number of carbonyl (C=O) groups is 3. The van der Waals surface area contributed by atoms with Gasteiger partial charge in [0.1, 0.15) is 6.04 Å². The summed E-state index contributed by atoms with van der Waals surface area (Å²) in [4.78, 5) is 34.4. The monoisotopic (exact) mass is 257 g/mol. The fourth-order valence-electron chi connectivity index (χ4n) is 1.23. The van der Waals surface area contributed by atoms with Crippen LogP contribution in [0, 0.1) is 0 Å². The predicted molar refractivity (Wildman–Crippen MR) is 65.8 cm³/mol. The molecule has 0 saturated carbocycles. The number of primary amides is 1. The number of hydrogen-bond acceptors (Lipinski definition) is 3. The van der Waals surface area contributed by atoms with Crippen LogP contribution in [0.25, 0.3) is 0 Å². The first-order valence-corrected chi connectivity index (χ1v) is 5.52. The second-order valence-corrected chi connectivity index (χ2v) is 3.86. The Bertz CT molecular complexity index is 330. The van der Waals surface area contributed by atoms with Gasteiger partial charge in [-0.1, -0.05) is 6.08 Å². The van der Waals surface area contributed by atoms with Crippen molar-refractivity contribution in [3.8, 4) is 0 Å². The van der Waals surface area contributed by atoms with E-state index in [2.05, 4.69) is 11.9 Å². The van der Waals surface area contributed by atoms with Crippen molar-refractivity contribution in [2.75, 3.05) is 13.6 Å². The lowest BCUT2D eigenvalue weighted by Gasteiger charge is -2.20. The lowest BCUT2D eigenvalue weighted by Crippen LogP contribution is -2.48. The second-order valence-electron chi connectivity index (χ2n) is 3.86. The average molecular weight is 257 g/mol. The molecule has 102 valence electrons. The molecule has 18 heavy (non-hydrogen) atoms. The topological polar surface area (TPSA) is 113 Å². The Morgan fingerprint density at radius 3 is 2.56 bits per heavy atom. The first-order chi connectivity index (χ1) is 8.38. The van der Waals surface area contributed by atoms with Crippen molar-refractivity contribution in [3.63, 3.8) is 0 Å². The number of nitrogens with two attached hydrogens (primary N) is 1. The highest BCUT2D eigenvalue weighted by Gasteiger charge is 2.23. The lowest BCUT2D eigenvalue weighted by molar-refractivity contribution is -0.140. The number of carboxylic acid groups (broad SMARTS) is 1. The maximum atomic E-state index is 11.6. The normalized spacial score (nSPS) is 11.4. The molecule has 0 fully saturated rings. The van der Waals surface area contributed by atoms with Gasteiger partial charge in [0, 0.05) is 13.6 Å². The molecule has 4 N–H and O–H groups in total. The fourth-order valence-corrected chi connectivity index (χ4v) is 1.23. The number of nitrogens with zero attached hydrogens (tertiary/aromatic N) is 1. The first kappa shape index (κ1) is 16.0. The Hall–Kier alpha value is -2.05. The summed E-state index contributed by atoms with van der Waals surface area (Å²) in [5.74, 6) is -2.07. The molecule has 0 aromatic carbocycles. The van der Waals surface area contributed by atoms with E-state index in [0.717, 1.165) is 12.8 Å². The molecule has 0 aliphatic rings. The van der Waals surface area contributed by atoms with Crippen LogP contribution in [0.2, 0.25) is 0 Å². The van der Waals surface area contributed by atoms with Gasteiger partial charge in [0.15, 0.2) is 0 Å². The van der Waals surface area contributed by atoms with Crippen molar-refractivity contribution < 1.29 is 19.5 Å². The van der Waals surface area contributed by atoms with Crippen LogP contribution < -0.4 is 11.1 Å². The van der Waals surface area contributed by atoms with Gasteiger partial charge in [-0.15, -0.1) is 6.58 Å². The van der Waals surface area contributed by atoms with E-state index in [1.807, 2.05) is 0 Å². The van der Waals surface area contributed by atoms with Crippen LogP contribution in [0.1, 0.15) is 19.3 Å². The van der Waals surface area contributed by atoms with Crippen molar-refractivity contribution in [3.05, 3.63) is 12.7 Å². The van der Waals surface area contributed by atoms with E-state index < -0.39 is 30.4 Å². The molecule has 0 spiro atoms. The zero-order valence-electron chi connectivity index (χ0n) is 10.4. The highest BCUT2D eigenvalue weighted by Crippen LogP contribution is 1.97. The molecule has 3 amide bonds. The third kappa shape index (κ3) is 6.51. The number of nitrogens with one attached hydrogen (secondary N) is 1. The number of rotatable bonds is 8. The zero-order chi connectivity index (χ0) is 14.1.